The number of likely N-dealkylation sites (tertiary alicyclic amines) is 1. The number of piperidine rings is 1. The number of amides is 1. The normalized spacial score (nSPS) is 18.6. The highest BCUT2D eigenvalue weighted by atomic mass is 16.3. The number of carbonyl (C=O) groups excluding carboxylic acids is 1. The van der Waals surface area contributed by atoms with E-state index in [4.69, 9.17) is 4.42 Å². The highest BCUT2D eigenvalue weighted by molar-refractivity contribution is 6.04. The smallest absolute Gasteiger partial charge is 0.295 e. The Labute approximate surface area is 219 Å². The number of rotatable bonds is 9. The second kappa shape index (κ2) is 11.5. The van der Waals surface area contributed by atoms with Crippen molar-refractivity contribution in [2.24, 2.45) is 12.5 Å². The molecule has 9 nitrogen and oxygen atoms in total. The Balaban J connectivity index is 1.20. The van der Waals surface area contributed by atoms with Gasteiger partial charge in [-0.15, -0.1) is 10.2 Å². The molecular weight excluding hydrogens is 466 g/mol. The molecule has 0 atom stereocenters. The van der Waals surface area contributed by atoms with Gasteiger partial charge in [0.25, 0.3) is 5.91 Å². The highest BCUT2D eigenvalue weighted by Crippen LogP contribution is 2.43. The zero-order chi connectivity index (χ0) is 25.7. The number of carbonyl (C=O) groups is 1. The summed E-state index contributed by atoms with van der Waals surface area (Å²) in [6, 6.07) is 7.56. The molecule has 1 aliphatic carbocycles. The Morgan fingerprint density at radius 3 is 2.59 bits per heavy atom. The minimum Gasteiger partial charge on any atom is -0.459 e. The maximum absolute atomic E-state index is 13.4. The molecule has 0 unspecified atom stereocenters. The first-order valence-electron chi connectivity index (χ1n) is 13.8. The van der Waals surface area contributed by atoms with Gasteiger partial charge in [0.1, 0.15) is 5.82 Å². The summed E-state index contributed by atoms with van der Waals surface area (Å²) in [7, 11) is 1.83. The zero-order valence-corrected chi connectivity index (χ0v) is 22.2. The quantitative estimate of drug-likeness (QED) is 0.420. The Morgan fingerprint density at radius 1 is 1.14 bits per heavy atom. The first-order valence-corrected chi connectivity index (χ1v) is 13.8. The van der Waals surface area contributed by atoms with E-state index < -0.39 is 0 Å². The number of hydrogen-bond donors (Lipinski definition) is 0. The van der Waals surface area contributed by atoms with Crippen LogP contribution in [0.2, 0.25) is 0 Å². The van der Waals surface area contributed by atoms with Crippen molar-refractivity contribution in [1.82, 2.24) is 30.1 Å². The number of anilines is 1. The van der Waals surface area contributed by atoms with Gasteiger partial charge in [-0.3, -0.25) is 9.69 Å². The average Bonchev–Trinajstić information content (AvgIpc) is 3.61. The van der Waals surface area contributed by atoms with Crippen molar-refractivity contribution in [2.75, 3.05) is 24.5 Å². The third-order valence-corrected chi connectivity index (χ3v) is 8.32. The minimum atomic E-state index is -0.112. The lowest BCUT2D eigenvalue weighted by Gasteiger charge is -2.41. The van der Waals surface area contributed by atoms with Gasteiger partial charge >= 0.3 is 0 Å². The maximum atomic E-state index is 13.4. The van der Waals surface area contributed by atoms with Gasteiger partial charge in [-0.2, -0.15) is 4.80 Å². The van der Waals surface area contributed by atoms with Crippen molar-refractivity contribution < 1.29 is 9.21 Å². The van der Waals surface area contributed by atoms with E-state index in [0.29, 0.717) is 17.0 Å². The van der Waals surface area contributed by atoms with Gasteiger partial charge in [-0.25, -0.2) is 4.98 Å². The van der Waals surface area contributed by atoms with Crippen molar-refractivity contribution in [2.45, 2.75) is 77.2 Å². The van der Waals surface area contributed by atoms with E-state index in [1.807, 2.05) is 37.2 Å². The van der Waals surface area contributed by atoms with Gasteiger partial charge in [-0.1, -0.05) is 25.3 Å². The first kappa shape index (κ1) is 25.6. The fourth-order valence-corrected chi connectivity index (χ4v) is 6.10. The number of aromatic nitrogens is 5. The third-order valence-electron chi connectivity index (χ3n) is 8.32. The molecule has 2 fully saturated rings. The highest BCUT2D eigenvalue weighted by Gasteiger charge is 2.35. The molecule has 1 amide bonds. The minimum absolute atomic E-state index is 0.107. The van der Waals surface area contributed by atoms with Gasteiger partial charge in [0.15, 0.2) is 11.6 Å². The molecule has 2 aliphatic rings. The number of furan rings is 1. The van der Waals surface area contributed by atoms with Gasteiger partial charge < -0.3 is 9.32 Å². The van der Waals surface area contributed by atoms with E-state index in [9.17, 15) is 4.79 Å². The first-order chi connectivity index (χ1) is 18.0. The van der Waals surface area contributed by atoms with Crippen LogP contribution in [0.25, 0.3) is 0 Å². The number of nitrogens with zero attached hydrogens (tertiary/aromatic N) is 7. The van der Waals surface area contributed by atoms with E-state index in [1.165, 1.54) is 38.5 Å². The summed E-state index contributed by atoms with van der Waals surface area (Å²) in [5.74, 6) is 1.81. The predicted molar refractivity (Wildman–Crippen MR) is 141 cm³/mol. The van der Waals surface area contributed by atoms with Gasteiger partial charge in [-0.05, 0) is 86.4 Å². The molecule has 1 aliphatic heterocycles. The van der Waals surface area contributed by atoms with Crippen LogP contribution in [0.15, 0.2) is 41.1 Å². The second-order valence-electron chi connectivity index (χ2n) is 10.9. The molecule has 3 aromatic heterocycles. The van der Waals surface area contributed by atoms with E-state index in [-0.39, 0.29) is 11.9 Å². The summed E-state index contributed by atoms with van der Waals surface area (Å²) in [4.78, 5) is 24.0. The number of pyridine rings is 1. The predicted octanol–water partition coefficient (Wildman–Crippen LogP) is 4.59. The maximum Gasteiger partial charge on any atom is 0.295 e. The third kappa shape index (κ3) is 6.26. The van der Waals surface area contributed by atoms with Crippen LogP contribution >= 0.6 is 0 Å². The number of aryl methyl sites for hydroxylation is 3. The molecular formula is C28H39N7O2. The molecule has 1 saturated heterocycles. The summed E-state index contributed by atoms with van der Waals surface area (Å²) < 4.78 is 5.46. The van der Waals surface area contributed by atoms with Crippen molar-refractivity contribution in [3.8, 4) is 0 Å². The fraction of sp³-hybridized carbons (Fsp3) is 0.607. The summed E-state index contributed by atoms with van der Waals surface area (Å²) >= 11 is 0. The molecule has 0 bridgehead atoms. The Bertz CT molecular complexity index is 1130. The van der Waals surface area contributed by atoms with Crippen LogP contribution in [0.4, 0.5) is 5.82 Å². The Hall–Kier alpha value is -3.07. The molecule has 198 valence electrons. The lowest BCUT2D eigenvalue weighted by Crippen LogP contribution is -2.48. The summed E-state index contributed by atoms with van der Waals surface area (Å²) in [6.07, 6.45) is 15.1. The molecule has 0 aromatic carbocycles. The van der Waals surface area contributed by atoms with Crippen LogP contribution in [0, 0.1) is 12.3 Å². The molecule has 5 rings (SSSR count). The van der Waals surface area contributed by atoms with Crippen LogP contribution in [0.1, 0.15) is 79.7 Å². The number of hydrogen-bond acceptors (Lipinski definition) is 7. The van der Waals surface area contributed by atoms with Crippen molar-refractivity contribution >= 4 is 11.7 Å². The largest absolute Gasteiger partial charge is 0.459 e. The zero-order valence-electron chi connectivity index (χ0n) is 22.2. The monoisotopic (exact) mass is 505 g/mol. The van der Waals surface area contributed by atoms with Crippen LogP contribution < -0.4 is 4.90 Å². The molecule has 0 spiro atoms. The lowest BCUT2D eigenvalue weighted by molar-refractivity contribution is 0.0917. The van der Waals surface area contributed by atoms with Crippen LogP contribution in [0.5, 0.6) is 0 Å². The molecule has 0 radical (unpaired) electrons. The molecule has 1 saturated carbocycles. The summed E-state index contributed by atoms with van der Waals surface area (Å²) in [5, 5.41) is 12.6. The Kier molecular flexibility index (Phi) is 7.98. The summed E-state index contributed by atoms with van der Waals surface area (Å²) in [5.41, 5.74) is 1.46. The average molecular weight is 506 g/mol. The van der Waals surface area contributed by atoms with E-state index >= 15 is 0 Å². The van der Waals surface area contributed by atoms with Gasteiger partial charge in [0.05, 0.1) is 13.3 Å². The molecule has 4 heterocycles. The van der Waals surface area contributed by atoms with Crippen molar-refractivity contribution in [3.63, 3.8) is 0 Å². The van der Waals surface area contributed by atoms with E-state index in [0.717, 1.165) is 56.7 Å². The summed E-state index contributed by atoms with van der Waals surface area (Å²) in [6.45, 7) is 5.09. The van der Waals surface area contributed by atoms with Gasteiger partial charge in [0, 0.05) is 31.7 Å². The topological polar surface area (TPSA) is 93.2 Å². The van der Waals surface area contributed by atoms with Crippen LogP contribution in [-0.4, -0.2) is 61.7 Å². The molecule has 37 heavy (non-hydrogen) atoms. The van der Waals surface area contributed by atoms with Crippen molar-refractivity contribution in [3.05, 3.63) is 53.9 Å². The van der Waals surface area contributed by atoms with Crippen molar-refractivity contribution in [1.29, 1.82) is 0 Å². The lowest BCUT2D eigenvalue weighted by atomic mass is 9.69. The molecule has 0 N–H and O–H groups in total. The standard InChI is InChI=1S/C28H39N7O2/c1-22-8-9-26(29-21-22)35(27(36)24-7-6-20-37-24)23-11-17-34(18-12-23)19-16-28(13-4-3-5-14-28)15-10-25-30-32-33(2)31-25/h6-9,20-21,23H,3-5,10-19H2,1-2H3. The molecule has 3 aromatic rings. The van der Waals surface area contributed by atoms with Crippen LogP contribution in [-0.2, 0) is 13.5 Å². The molecule has 9 heteroatoms. The van der Waals surface area contributed by atoms with E-state index in [1.54, 1.807) is 23.2 Å². The fourth-order valence-electron chi connectivity index (χ4n) is 6.10. The van der Waals surface area contributed by atoms with Gasteiger partial charge in [0.2, 0.25) is 0 Å². The second-order valence-corrected chi connectivity index (χ2v) is 10.9. The Morgan fingerprint density at radius 2 is 1.95 bits per heavy atom. The SMILES string of the molecule is Cc1ccc(N(C(=O)c2ccco2)C2CCN(CCC3(CCc4nnn(C)n4)CCCCC3)CC2)nc1. The van der Waals surface area contributed by atoms with E-state index in [2.05, 4.69) is 25.3 Å². The van der Waals surface area contributed by atoms with Crippen LogP contribution in [0.3, 0.4) is 0 Å². The number of tetrazole rings is 1.